The van der Waals surface area contributed by atoms with E-state index in [9.17, 15) is 27.5 Å². The Bertz CT molecular complexity index is 630. The van der Waals surface area contributed by atoms with Crippen LogP contribution >= 0.6 is 0 Å². The van der Waals surface area contributed by atoms with Crippen LogP contribution in [0.1, 0.15) is 11.7 Å². The molecule has 7 nitrogen and oxygen atoms in total. The smallest absolute Gasteiger partial charge is 0.309 e. The maximum absolute atomic E-state index is 12.9. The zero-order valence-corrected chi connectivity index (χ0v) is 11.9. The summed E-state index contributed by atoms with van der Waals surface area (Å²) in [6.45, 7) is -1.13. The molecular weight excluding hydrogens is 303 g/mol. The van der Waals surface area contributed by atoms with Crippen molar-refractivity contribution in [3.8, 4) is 0 Å². The number of nitrogens with two attached hydrogens (primary N) is 1. The summed E-state index contributed by atoms with van der Waals surface area (Å²) in [4.78, 5) is 21.7. The first-order chi connectivity index (χ1) is 9.66. The number of amides is 2. The minimum Gasteiger partial charge on any atom is -0.386 e. The zero-order valence-electron chi connectivity index (χ0n) is 11.1. The summed E-state index contributed by atoms with van der Waals surface area (Å²) in [7, 11) is -3.39. The number of halogens is 1. The van der Waals surface area contributed by atoms with E-state index in [4.69, 9.17) is 5.73 Å². The quantitative estimate of drug-likeness (QED) is 0.604. The Morgan fingerprint density at radius 3 is 2.24 bits per heavy atom. The van der Waals surface area contributed by atoms with Crippen molar-refractivity contribution in [3.63, 3.8) is 0 Å². The van der Waals surface area contributed by atoms with Gasteiger partial charge in [0.25, 0.3) is 0 Å². The largest absolute Gasteiger partial charge is 0.386 e. The van der Waals surface area contributed by atoms with Crippen molar-refractivity contribution < 1.29 is 27.5 Å². The first-order valence-electron chi connectivity index (χ1n) is 5.81. The van der Waals surface area contributed by atoms with Crippen molar-refractivity contribution >= 4 is 21.7 Å². The second kappa shape index (κ2) is 6.64. The molecule has 0 bridgehead atoms. The van der Waals surface area contributed by atoms with Gasteiger partial charge in [0.05, 0.1) is 10.9 Å². The van der Waals surface area contributed by atoms with Crippen molar-refractivity contribution in [1.82, 2.24) is 5.32 Å². The fourth-order valence-corrected chi connectivity index (χ4v) is 2.22. The molecule has 0 spiro atoms. The van der Waals surface area contributed by atoms with E-state index in [0.29, 0.717) is 0 Å². The third-order valence-corrected chi connectivity index (χ3v) is 3.87. The molecule has 0 aliphatic heterocycles. The van der Waals surface area contributed by atoms with Crippen LogP contribution in [0.4, 0.5) is 4.39 Å². The van der Waals surface area contributed by atoms with Gasteiger partial charge in [0, 0.05) is 6.26 Å². The highest BCUT2D eigenvalue weighted by Gasteiger charge is 2.25. The molecule has 1 aromatic rings. The predicted octanol–water partition coefficient (Wildman–Crippen LogP) is -0.937. The second-order valence-electron chi connectivity index (χ2n) is 4.38. The lowest BCUT2D eigenvalue weighted by atomic mass is 10.0. The van der Waals surface area contributed by atoms with Gasteiger partial charge in [-0.1, -0.05) is 12.1 Å². The molecule has 0 saturated heterocycles. The minimum atomic E-state index is -3.39. The molecular formula is C12H15FN2O5S. The topological polar surface area (TPSA) is 127 Å². The van der Waals surface area contributed by atoms with Gasteiger partial charge in [-0.05, 0) is 17.7 Å². The van der Waals surface area contributed by atoms with Gasteiger partial charge in [-0.3, -0.25) is 9.59 Å². The molecule has 21 heavy (non-hydrogen) atoms. The van der Waals surface area contributed by atoms with E-state index in [-0.39, 0.29) is 10.5 Å². The number of nitrogens with one attached hydrogen (secondary N) is 1. The van der Waals surface area contributed by atoms with E-state index in [0.717, 1.165) is 6.26 Å². The van der Waals surface area contributed by atoms with E-state index in [1.54, 1.807) is 0 Å². The lowest BCUT2D eigenvalue weighted by Crippen LogP contribution is -2.46. The molecule has 4 N–H and O–H groups in total. The minimum absolute atomic E-state index is 0.0384. The Kier molecular flexibility index (Phi) is 5.39. The summed E-state index contributed by atoms with van der Waals surface area (Å²) in [5, 5.41) is 11.9. The van der Waals surface area contributed by atoms with Crippen LogP contribution in [0, 0.1) is 0 Å². The van der Waals surface area contributed by atoms with Gasteiger partial charge in [0.15, 0.2) is 9.84 Å². The summed E-state index contributed by atoms with van der Waals surface area (Å²) in [5.74, 6) is -2.52. The number of benzene rings is 1. The van der Waals surface area contributed by atoms with Crippen LogP contribution in [-0.4, -0.2) is 44.3 Å². The van der Waals surface area contributed by atoms with Gasteiger partial charge in [-0.2, -0.15) is 0 Å². The zero-order chi connectivity index (χ0) is 16.2. The number of hydrogen-bond acceptors (Lipinski definition) is 5. The van der Waals surface area contributed by atoms with Gasteiger partial charge in [0.2, 0.25) is 0 Å². The van der Waals surface area contributed by atoms with Crippen LogP contribution < -0.4 is 11.1 Å². The lowest BCUT2D eigenvalue weighted by molar-refractivity contribution is -0.138. The molecule has 0 saturated carbocycles. The summed E-state index contributed by atoms with van der Waals surface area (Å²) >= 11 is 0. The fourth-order valence-electron chi connectivity index (χ4n) is 1.59. The first kappa shape index (κ1) is 17.1. The molecule has 0 aliphatic carbocycles. The number of aliphatic hydroxyl groups is 1. The molecule has 0 heterocycles. The van der Waals surface area contributed by atoms with Crippen molar-refractivity contribution in [2.45, 2.75) is 17.0 Å². The molecule has 1 rings (SSSR count). The molecule has 2 amide bonds. The predicted molar refractivity (Wildman–Crippen MR) is 71.6 cm³/mol. The van der Waals surface area contributed by atoms with Gasteiger partial charge < -0.3 is 16.2 Å². The second-order valence-corrected chi connectivity index (χ2v) is 6.40. The summed E-state index contributed by atoms with van der Waals surface area (Å²) < 4.78 is 35.5. The van der Waals surface area contributed by atoms with Crippen molar-refractivity contribution in [2.24, 2.45) is 5.73 Å². The van der Waals surface area contributed by atoms with Crippen LogP contribution in [-0.2, 0) is 19.4 Å². The Hall–Kier alpha value is -2.00. The van der Waals surface area contributed by atoms with Crippen LogP contribution in [0.15, 0.2) is 29.2 Å². The highest BCUT2D eigenvalue weighted by Crippen LogP contribution is 2.19. The Labute approximate surface area is 120 Å². The molecule has 0 aromatic heterocycles. The normalized spacial score (nSPS) is 14.2. The molecule has 2 atom stereocenters. The third kappa shape index (κ3) is 4.50. The van der Waals surface area contributed by atoms with Crippen LogP contribution in [0.5, 0.6) is 0 Å². The van der Waals surface area contributed by atoms with Crippen molar-refractivity contribution in [3.05, 3.63) is 29.8 Å². The van der Waals surface area contributed by atoms with Crippen LogP contribution in [0.2, 0.25) is 0 Å². The number of hydrogen-bond donors (Lipinski definition) is 3. The average molecular weight is 318 g/mol. The van der Waals surface area contributed by atoms with E-state index in [1.165, 1.54) is 24.3 Å². The maximum atomic E-state index is 12.9. The molecule has 1 aromatic carbocycles. The SMILES string of the molecule is CS(=O)(=O)c1ccc([C@@H](O)[C@@H](CF)NC(=O)C(N)=O)cc1. The van der Waals surface area contributed by atoms with E-state index in [2.05, 4.69) is 0 Å². The summed E-state index contributed by atoms with van der Waals surface area (Å²) in [5.41, 5.74) is 4.91. The molecule has 0 fully saturated rings. The van der Waals surface area contributed by atoms with Crippen LogP contribution in [0.25, 0.3) is 0 Å². The van der Waals surface area contributed by atoms with E-state index >= 15 is 0 Å². The van der Waals surface area contributed by atoms with Gasteiger partial charge >= 0.3 is 11.8 Å². The lowest BCUT2D eigenvalue weighted by Gasteiger charge is -2.21. The molecule has 0 aliphatic rings. The monoisotopic (exact) mass is 318 g/mol. The number of primary amides is 1. The molecule has 116 valence electrons. The summed E-state index contributed by atoms with van der Waals surface area (Å²) in [6, 6.07) is 3.72. The van der Waals surface area contributed by atoms with Crippen molar-refractivity contribution in [2.75, 3.05) is 12.9 Å². The molecule has 0 radical (unpaired) electrons. The Morgan fingerprint density at radius 2 is 1.86 bits per heavy atom. The number of aliphatic hydroxyl groups excluding tert-OH is 1. The molecule has 9 heteroatoms. The highest BCUT2D eigenvalue weighted by atomic mass is 32.2. The standard InChI is InChI=1S/C12H15FN2O5S/c1-21(19,20)8-4-2-7(3-5-8)10(16)9(6-13)15-12(18)11(14)17/h2-5,9-10,16H,6H2,1H3,(H2,14,17)(H,15,18)/t9-,10-/m1/s1. The molecule has 0 unspecified atom stereocenters. The van der Waals surface area contributed by atoms with Crippen LogP contribution in [0.3, 0.4) is 0 Å². The Balaban J connectivity index is 2.92. The summed E-state index contributed by atoms with van der Waals surface area (Å²) in [6.07, 6.45) is -0.428. The first-order valence-corrected chi connectivity index (χ1v) is 7.70. The number of carbonyl (C=O) groups is 2. The fraction of sp³-hybridized carbons (Fsp3) is 0.333. The maximum Gasteiger partial charge on any atom is 0.309 e. The number of sulfone groups is 1. The van der Waals surface area contributed by atoms with Crippen molar-refractivity contribution in [1.29, 1.82) is 0 Å². The van der Waals surface area contributed by atoms with E-state index < -0.39 is 40.5 Å². The third-order valence-electron chi connectivity index (χ3n) is 2.74. The van der Waals surface area contributed by atoms with Gasteiger partial charge in [0.1, 0.15) is 12.8 Å². The number of rotatable bonds is 5. The van der Waals surface area contributed by atoms with E-state index in [1.807, 2.05) is 5.32 Å². The Morgan fingerprint density at radius 1 is 1.33 bits per heavy atom. The highest BCUT2D eigenvalue weighted by molar-refractivity contribution is 7.90. The number of alkyl halides is 1. The van der Waals surface area contributed by atoms with Gasteiger partial charge in [-0.15, -0.1) is 0 Å². The van der Waals surface area contributed by atoms with Gasteiger partial charge in [-0.25, -0.2) is 12.8 Å². The number of carbonyl (C=O) groups excluding carboxylic acids is 2. The average Bonchev–Trinajstić information content (AvgIpc) is 2.42.